The Hall–Kier alpha value is -2.91. The number of ketones is 1. The van der Waals surface area contributed by atoms with E-state index < -0.39 is 29.4 Å². The number of guanidine groups is 1. The predicted octanol–water partition coefficient (Wildman–Crippen LogP) is 0.963. The van der Waals surface area contributed by atoms with E-state index in [2.05, 4.69) is 27.5 Å². The number of hydrogen-bond donors (Lipinski definition) is 5. The molecule has 0 aliphatic heterocycles. The Morgan fingerprint density at radius 1 is 1.22 bits per heavy atom. The Morgan fingerprint density at radius 2 is 1.84 bits per heavy atom. The van der Waals surface area contributed by atoms with E-state index in [4.69, 9.17) is 5.73 Å². The van der Waals surface area contributed by atoms with E-state index in [1.54, 1.807) is 40.8 Å². The molecule has 0 fully saturated rings. The van der Waals surface area contributed by atoms with Crippen LogP contribution in [0, 0.1) is 11.8 Å². The van der Waals surface area contributed by atoms with Gasteiger partial charge < -0.3 is 26.8 Å². The summed E-state index contributed by atoms with van der Waals surface area (Å²) >= 11 is 0. The van der Waals surface area contributed by atoms with Crippen molar-refractivity contribution in [2.75, 3.05) is 13.6 Å². The van der Waals surface area contributed by atoms with Crippen molar-refractivity contribution in [3.8, 4) is 0 Å². The Kier molecular flexibility index (Phi) is 12.9. The van der Waals surface area contributed by atoms with Crippen LogP contribution >= 0.6 is 0 Å². The fourth-order valence-electron chi connectivity index (χ4n) is 2.99. The van der Waals surface area contributed by atoms with Gasteiger partial charge in [-0.05, 0) is 32.6 Å². The normalized spacial score (nSPS) is 15.2. The van der Waals surface area contributed by atoms with Gasteiger partial charge in [0.2, 0.25) is 11.8 Å². The molecule has 0 aromatic heterocycles. The van der Waals surface area contributed by atoms with E-state index in [0.717, 1.165) is 0 Å². The van der Waals surface area contributed by atoms with Crippen molar-refractivity contribution in [3.05, 3.63) is 12.7 Å². The van der Waals surface area contributed by atoms with E-state index in [1.807, 2.05) is 0 Å². The molecule has 3 atom stereocenters. The van der Waals surface area contributed by atoms with E-state index >= 15 is 0 Å². The molecule has 0 bridgehead atoms. The topological polar surface area (TPSA) is 163 Å². The Bertz CT molecular complexity index is 707. The maximum atomic E-state index is 13.2. The van der Waals surface area contributed by atoms with Gasteiger partial charge >= 0.3 is 5.97 Å². The summed E-state index contributed by atoms with van der Waals surface area (Å²) in [5.74, 6) is -3.08. The molecule has 0 saturated heterocycles. The molecule has 10 heteroatoms. The number of aliphatic imine (C=N–C) groups is 1. The monoisotopic (exact) mass is 453 g/mol. The predicted molar refractivity (Wildman–Crippen MR) is 124 cm³/mol. The number of nitrogens with one attached hydrogen (secondary N) is 3. The van der Waals surface area contributed by atoms with Gasteiger partial charge in [-0.25, -0.2) is 4.79 Å². The van der Waals surface area contributed by atoms with Crippen molar-refractivity contribution in [3.63, 3.8) is 0 Å². The minimum atomic E-state index is -1.21. The Morgan fingerprint density at radius 3 is 2.31 bits per heavy atom. The number of hydrogen-bond acceptors (Lipinski definition) is 5. The van der Waals surface area contributed by atoms with Gasteiger partial charge in [0.15, 0.2) is 11.7 Å². The molecule has 10 nitrogen and oxygen atoms in total. The van der Waals surface area contributed by atoms with E-state index in [0.29, 0.717) is 19.4 Å². The van der Waals surface area contributed by atoms with Crippen LogP contribution in [0.4, 0.5) is 0 Å². The second-order valence-corrected chi connectivity index (χ2v) is 8.28. The van der Waals surface area contributed by atoms with Crippen LogP contribution in [-0.4, -0.2) is 59.8 Å². The number of rotatable bonds is 15. The third kappa shape index (κ3) is 9.93. The zero-order valence-electron chi connectivity index (χ0n) is 19.9. The smallest absolute Gasteiger partial charge is 0.326 e. The van der Waals surface area contributed by atoms with Gasteiger partial charge in [0.1, 0.15) is 6.04 Å². The Labute approximate surface area is 190 Å². The minimum Gasteiger partial charge on any atom is -0.480 e. The number of carbonyl (C=O) groups is 4. The largest absolute Gasteiger partial charge is 0.480 e. The number of carboxylic acid groups (broad SMARTS) is 1. The number of aliphatic carboxylic acids is 1. The van der Waals surface area contributed by atoms with Gasteiger partial charge in [0.05, 0.1) is 5.54 Å². The standard InChI is InChI=1S/C22H39N5O5/c1-7-11-22(5,27-18(29)14(3)4)17(28)13-15(10-9-12-25-21(23)24-6)19(30)26-16(8-2)20(31)32/h7,14-16H,1,8-13H2,2-6H3,(H,26,30)(H,27,29)(H,31,32)(H3,23,24,25)/t15-,16+,22+/m1/s1. The lowest BCUT2D eigenvalue weighted by Crippen LogP contribution is -2.54. The third-order valence-electron chi connectivity index (χ3n) is 5.19. The lowest BCUT2D eigenvalue weighted by atomic mass is 9.84. The highest BCUT2D eigenvalue weighted by molar-refractivity contribution is 5.96. The molecule has 0 radical (unpaired) electrons. The van der Waals surface area contributed by atoms with Gasteiger partial charge in [-0.2, -0.15) is 0 Å². The first-order valence-electron chi connectivity index (χ1n) is 10.9. The Balaban J connectivity index is 5.53. The molecule has 0 spiro atoms. The summed E-state index contributed by atoms with van der Waals surface area (Å²) in [6, 6.07) is -1.04. The summed E-state index contributed by atoms with van der Waals surface area (Å²) in [4.78, 5) is 53.4. The fourth-order valence-corrected chi connectivity index (χ4v) is 2.99. The quantitative estimate of drug-likeness (QED) is 0.107. The second-order valence-electron chi connectivity index (χ2n) is 8.28. The zero-order valence-corrected chi connectivity index (χ0v) is 19.9. The molecular formula is C22H39N5O5. The van der Waals surface area contributed by atoms with Crippen molar-refractivity contribution in [2.24, 2.45) is 22.6 Å². The van der Waals surface area contributed by atoms with Crippen LogP contribution in [0.5, 0.6) is 0 Å². The molecule has 0 aromatic rings. The fraction of sp³-hybridized carbons (Fsp3) is 0.682. The molecule has 0 rings (SSSR count). The minimum absolute atomic E-state index is 0.151. The average Bonchev–Trinajstić information content (AvgIpc) is 2.73. The zero-order chi connectivity index (χ0) is 24.9. The molecule has 32 heavy (non-hydrogen) atoms. The molecule has 0 unspecified atom stereocenters. The van der Waals surface area contributed by atoms with Gasteiger partial charge in [0.25, 0.3) is 0 Å². The number of carboxylic acids is 1. The summed E-state index contributed by atoms with van der Waals surface area (Å²) in [5.41, 5.74) is 4.39. The van der Waals surface area contributed by atoms with Crippen LogP contribution < -0.4 is 21.7 Å². The van der Waals surface area contributed by atoms with Crippen molar-refractivity contribution in [2.45, 2.75) is 71.4 Å². The molecule has 182 valence electrons. The van der Waals surface area contributed by atoms with Crippen molar-refractivity contribution < 1.29 is 24.3 Å². The molecule has 2 amide bonds. The highest BCUT2D eigenvalue weighted by Gasteiger charge is 2.37. The summed E-state index contributed by atoms with van der Waals surface area (Å²) in [5, 5.41) is 17.4. The van der Waals surface area contributed by atoms with E-state index in [-0.39, 0.29) is 42.8 Å². The van der Waals surface area contributed by atoms with Crippen LogP contribution in [-0.2, 0) is 19.2 Å². The van der Waals surface area contributed by atoms with Gasteiger partial charge in [0, 0.05) is 31.8 Å². The molecule has 0 heterocycles. The number of nitrogens with two attached hydrogens (primary N) is 1. The molecule has 0 aliphatic carbocycles. The van der Waals surface area contributed by atoms with Crippen LogP contribution in [0.25, 0.3) is 0 Å². The van der Waals surface area contributed by atoms with Crippen LogP contribution in [0.1, 0.15) is 59.8 Å². The highest BCUT2D eigenvalue weighted by Crippen LogP contribution is 2.21. The summed E-state index contributed by atoms with van der Waals surface area (Å²) < 4.78 is 0. The highest BCUT2D eigenvalue weighted by atomic mass is 16.4. The number of Topliss-reactive ketones (excluding diaryl/α,β-unsaturated/α-hetero) is 1. The molecule has 0 aromatic carbocycles. The summed E-state index contributed by atoms with van der Waals surface area (Å²) in [6.45, 7) is 10.8. The number of carbonyl (C=O) groups excluding carboxylic acids is 3. The van der Waals surface area contributed by atoms with Crippen molar-refractivity contribution in [1.82, 2.24) is 16.0 Å². The van der Waals surface area contributed by atoms with Gasteiger partial charge in [-0.15, -0.1) is 6.58 Å². The first kappa shape index (κ1) is 29.1. The summed E-state index contributed by atoms with van der Waals surface area (Å²) in [6.07, 6.45) is 2.63. The molecule has 6 N–H and O–H groups in total. The maximum Gasteiger partial charge on any atom is 0.326 e. The molecule has 0 aliphatic rings. The molecular weight excluding hydrogens is 414 g/mol. The van der Waals surface area contributed by atoms with Crippen molar-refractivity contribution in [1.29, 1.82) is 0 Å². The summed E-state index contributed by atoms with van der Waals surface area (Å²) in [7, 11) is 1.54. The van der Waals surface area contributed by atoms with E-state index in [1.165, 1.54) is 0 Å². The van der Waals surface area contributed by atoms with Gasteiger partial charge in [-0.3, -0.25) is 19.4 Å². The van der Waals surface area contributed by atoms with Crippen LogP contribution in [0.2, 0.25) is 0 Å². The number of amides is 2. The maximum absolute atomic E-state index is 13.2. The number of nitrogens with zero attached hydrogens (tertiary/aromatic N) is 1. The first-order chi connectivity index (χ1) is 14.9. The lowest BCUT2D eigenvalue weighted by molar-refractivity contribution is -0.143. The van der Waals surface area contributed by atoms with Crippen LogP contribution in [0.3, 0.4) is 0 Å². The van der Waals surface area contributed by atoms with Gasteiger partial charge in [-0.1, -0.05) is 26.8 Å². The van der Waals surface area contributed by atoms with Crippen LogP contribution in [0.15, 0.2) is 17.6 Å². The SMILES string of the molecule is C=CC[C@](C)(NC(=O)C(C)C)C(=O)C[C@@H](CCCNC(N)=NC)C(=O)N[C@@H](CC)C(=O)O. The van der Waals surface area contributed by atoms with Crippen molar-refractivity contribution >= 4 is 29.5 Å². The third-order valence-corrected chi connectivity index (χ3v) is 5.19. The first-order valence-corrected chi connectivity index (χ1v) is 10.9. The molecule has 0 saturated carbocycles. The average molecular weight is 454 g/mol. The van der Waals surface area contributed by atoms with E-state index in [9.17, 15) is 24.3 Å². The second kappa shape index (κ2) is 14.2. The lowest BCUT2D eigenvalue weighted by Gasteiger charge is -2.31.